The van der Waals surface area contributed by atoms with Crippen molar-refractivity contribution in [2.24, 2.45) is 5.73 Å². The maximum absolute atomic E-state index is 11.9. The summed E-state index contributed by atoms with van der Waals surface area (Å²) in [5, 5.41) is 13.8. The van der Waals surface area contributed by atoms with Gasteiger partial charge >= 0.3 is 0 Å². The Balaban J connectivity index is 2.37. The molecule has 3 amide bonds. The third-order valence-corrected chi connectivity index (χ3v) is 3.72. The lowest BCUT2D eigenvalue weighted by molar-refractivity contribution is -0.129. The molecule has 7 heteroatoms. The minimum Gasteiger partial charge on any atom is -0.368 e. The number of unbranched alkanes of at least 4 members (excludes halogenated alkanes) is 1. The molecule has 25 heavy (non-hydrogen) atoms. The topological polar surface area (TPSA) is 125 Å². The van der Waals surface area contributed by atoms with Crippen LogP contribution in [0.2, 0.25) is 0 Å². The molecule has 134 valence electrons. The predicted octanol–water partition coefficient (Wildman–Crippen LogP) is 1.31. The van der Waals surface area contributed by atoms with E-state index < -0.39 is 17.9 Å². The van der Waals surface area contributed by atoms with E-state index >= 15 is 0 Å². The molecule has 0 fully saturated rings. The van der Waals surface area contributed by atoms with E-state index in [-0.39, 0.29) is 24.8 Å². The van der Waals surface area contributed by atoms with Crippen molar-refractivity contribution < 1.29 is 14.4 Å². The lowest BCUT2D eigenvalue weighted by atomic mass is 10.1. The molecule has 7 nitrogen and oxygen atoms in total. The number of rotatable bonds is 10. The van der Waals surface area contributed by atoms with Gasteiger partial charge in [0.2, 0.25) is 17.7 Å². The van der Waals surface area contributed by atoms with Gasteiger partial charge in [0, 0.05) is 19.3 Å². The molecule has 0 aliphatic carbocycles. The standard InChI is InChI=1S/C18H24N4O3/c1-13(14-7-3-2-4-8-14)21-16(23)10-11-17(24)22-15(18(20)25)9-5-6-12-19/h2-4,7-8,13,15H,5-6,9-11H2,1H3,(H2,20,25)(H,21,23)(H,22,24)/t13-,15+/m1/s1. The van der Waals surface area contributed by atoms with Crippen molar-refractivity contribution in [2.45, 2.75) is 51.1 Å². The summed E-state index contributed by atoms with van der Waals surface area (Å²) in [5.41, 5.74) is 6.22. The maximum Gasteiger partial charge on any atom is 0.240 e. The van der Waals surface area contributed by atoms with Gasteiger partial charge in [-0.15, -0.1) is 0 Å². The fourth-order valence-electron chi connectivity index (χ4n) is 2.30. The predicted molar refractivity (Wildman–Crippen MR) is 92.8 cm³/mol. The number of benzene rings is 1. The van der Waals surface area contributed by atoms with Gasteiger partial charge in [-0.1, -0.05) is 30.3 Å². The molecule has 0 bridgehead atoms. The SMILES string of the molecule is C[C@@H](NC(=O)CCC(=O)N[C@@H](CCCC#N)C(N)=O)c1ccccc1. The zero-order valence-corrected chi connectivity index (χ0v) is 14.3. The second-order valence-corrected chi connectivity index (χ2v) is 5.77. The zero-order valence-electron chi connectivity index (χ0n) is 14.3. The van der Waals surface area contributed by atoms with Gasteiger partial charge in [0.25, 0.3) is 0 Å². The van der Waals surface area contributed by atoms with Gasteiger partial charge in [-0.05, 0) is 25.3 Å². The lowest BCUT2D eigenvalue weighted by Crippen LogP contribution is -2.44. The van der Waals surface area contributed by atoms with E-state index in [1.165, 1.54) is 0 Å². The fraction of sp³-hybridized carbons (Fsp3) is 0.444. The number of primary amides is 1. The van der Waals surface area contributed by atoms with Crippen LogP contribution in [0, 0.1) is 11.3 Å². The van der Waals surface area contributed by atoms with Crippen LogP contribution in [0.1, 0.15) is 50.6 Å². The van der Waals surface area contributed by atoms with Crippen molar-refractivity contribution in [3.63, 3.8) is 0 Å². The number of nitrogens with zero attached hydrogens (tertiary/aromatic N) is 1. The van der Waals surface area contributed by atoms with Crippen LogP contribution in [0.3, 0.4) is 0 Å². The highest BCUT2D eigenvalue weighted by Crippen LogP contribution is 2.11. The number of hydrogen-bond acceptors (Lipinski definition) is 4. The Morgan fingerprint density at radius 2 is 1.72 bits per heavy atom. The zero-order chi connectivity index (χ0) is 18.7. The van der Waals surface area contributed by atoms with Gasteiger partial charge in [-0.2, -0.15) is 5.26 Å². The van der Waals surface area contributed by atoms with E-state index in [1.807, 2.05) is 43.3 Å². The first kappa shape index (κ1) is 20.2. The molecule has 0 radical (unpaired) electrons. The van der Waals surface area contributed by atoms with Gasteiger partial charge in [0.05, 0.1) is 12.1 Å². The summed E-state index contributed by atoms with van der Waals surface area (Å²) in [6.07, 6.45) is 1.06. The number of nitrogens with one attached hydrogen (secondary N) is 2. The Labute approximate surface area is 147 Å². The minimum absolute atomic E-state index is 0.0205. The van der Waals surface area contributed by atoms with Gasteiger partial charge < -0.3 is 16.4 Å². The molecule has 0 saturated heterocycles. The van der Waals surface area contributed by atoms with Crippen molar-refractivity contribution in [3.8, 4) is 6.07 Å². The molecule has 0 spiro atoms. The molecular weight excluding hydrogens is 320 g/mol. The highest BCUT2D eigenvalue weighted by atomic mass is 16.2. The number of nitrogens with two attached hydrogens (primary N) is 1. The Hall–Kier alpha value is -2.88. The number of amides is 3. The van der Waals surface area contributed by atoms with E-state index in [2.05, 4.69) is 10.6 Å². The lowest BCUT2D eigenvalue weighted by Gasteiger charge is -2.16. The Morgan fingerprint density at radius 1 is 1.12 bits per heavy atom. The molecule has 0 aromatic heterocycles. The molecule has 0 aliphatic heterocycles. The summed E-state index contributed by atoms with van der Waals surface area (Å²) in [6.45, 7) is 1.87. The molecule has 0 saturated carbocycles. The summed E-state index contributed by atoms with van der Waals surface area (Å²) < 4.78 is 0. The van der Waals surface area contributed by atoms with Crippen LogP contribution < -0.4 is 16.4 Å². The molecule has 0 unspecified atom stereocenters. The van der Waals surface area contributed by atoms with E-state index in [0.29, 0.717) is 19.3 Å². The van der Waals surface area contributed by atoms with Gasteiger partial charge in [-0.25, -0.2) is 0 Å². The molecular formula is C18H24N4O3. The number of hydrogen-bond donors (Lipinski definition) is 3. The minimum atomic E-state index is -0.813. The average molecular weight is 344 g/mol. The summed E-state index contributed by atoms with van der Waals surface area (Å²) >= 11 is 0. The first-order chi connectivity index (χ1) is 11.9. The van der Waals surface area contributed by atoms with Crippen LogP contribution in [0.4, 0.5) is 0 Å². The van der Waals surface area contributed by atoms with Crippen molar-refractivity contribution in [3.05, 3.63) is 35.9 Å². The highest BCUT2D eigenvalue weighted by Gasteiger charge is 2.18. The largest absolute Gasteiger partial charge is 0.368 e. The Morgan fingerprint density at radius 3 is 2.28 bits per heavy atom. The smallest absolute Gasteiger partial charge is 0.240 e. The number of carbonyl (C=O) groups excluding carboxylic acids is 3. The Kier molecular flexibility index (Phi) is 8.72. The van der Waals surface area contributed by atoms with Crippen LogP contribution >= 0.6 is 0 Å². The van der Waals surface area contributed by atoms with E-state index in [4.69, 9.17) is 11.0 Å². The number of nitriles is 1. The molecule has 1 rings (SSSR count). The van der Waals surface area contributed by atoms with Crippen LogP contribution in [0.15, 0.2) is 30.3 Å². The molecule has 2 atom stereocenters. The van der Waals surface area contributed by atoms with Crippen LogP contribution in [-0.2, 0) is 14.4 Å². The summed E-state index contributed by atoms with van der Waals surface area (Å²) in [5.74, 6) is -1.30. The first-order valence-corrected chi connectivity index (χ1v) is 8.24. The van der Waals surface area contributed by atoms with E-state index in [1.54, 1.807) is 0 Å². The normalized spacial score (nSPS) is 12.5. The maximum atomic E-state index is 11.9. The van der Waals surface area contributed by atoms with Gasteiger partial charge in [0.1, 0.15) is 6.04 Å². The Bertz CT molecular complexity index is 625. The molecule has 4 N–H and O–H groups in total. The van der Waals surface area contributed by atoms with Gasteiger partial charge in [-0.3, -0.25) is 14.4 Å². The quantitative estimate of drug-likeness (QED) is 0.553. The first-order valence-electron chi connectivity index (χ1n) is 8.24. The van der Waals surface area contributed by atoms with Crippen LogP contribution in [0.5, 0.6) is 0 Å². The van der Waals surface area contributed by atoms with Crippen LogP contribution in [0.25, 0.3) is 0 Å². The van der Waals surface area contributed by atoms with E-state index in [9.17, 15) is 14.4 Å². The van der Waals surface area contributed by atoms with Crippen molar-refractivity contribution in [1.29, 1.82) is 5.26 Å². The second kappa shape index (κ2) is 10.8. The monoisotopic (exact) mass is 344 g/mol. The molecule has 0 heterocycles. The highest BCUT2D eigenvalue weighted by molar-refractivity contribution is 5.88. The van der Waals surface area contributed by atoms with Crippen LogP contribution in [-0.4, -0.2) is 23.8 Å². The van der Waals surface area contributed by atoms with Crippen molar-refractivity contribution >= 4 is 17.7 Å². The third-order valence-electron chi connectivity index (χ3n) is 3.72. The molecule has 1 aromatic rings. The second-order valence-electron chi connectivity index (χ2n) is 5.77. The van der Waals surface area contributed by atoms with Crippen molar-refractivity contribution in [2.75, 3.05) is 0 Å². The summed E-state index contributed by atoms with van der Waals surface area (Å²) in [6, 6.07) is 10.5. The summed E-state index contributed by atoms with van der Waals surface area (Å²) in [4.78, 5) is 35.1. The van der Waals surface area contributed by atoms with Crippen molar-refractivity contribution in [1.82, 2.24) is 10.6 Å². The summed E-state index contributed by atoms with van der Waals surface area (Å²) in [7, 11) is 0. The van der Waals surface area contributed by atoms with E-state index in [0.717, 1.165) is 5.56 Å². The molecule has 1 aromatic carbocycles. The fourth-order valence-corrected chi connectivity index (χ4v) is 2.30. The average Bonchev–Trinajstić information content (AvgIpc) is 2.59. The number of carbonyl (C=O) groups is 3. The molecule has 0 aliphatic rings. The van der Waals surface area contributed by atoms with Gasteiger partial charge in [0.15, 0.2) is 0 Å². The third kappa shape index (κ3) is 7.97.